The largest absolute Gasteiger partial charge is 0.338 e. The maximum Gasteiger partial charge on any atom is 0.319 e. The van der Waals surface area contributed by atoms with Crippen LogP contribution in [0.25, 0.3) is 0 Å². The van der Waals surface area contributed by atoms with Crippen molar-refractivity contribution in [1.82, 2.24) is 5.32 Å². The second-order valence-corrected chi connectivity index (χ2v) is 7.73. The van der Waals surface area contributed by atoms with Crippen molar-refractivity contribution in [2.75, 3.05) is 24.7 Å². The molecule has 0 spiro atoms. The number of carbonyl (C=O) groups is 1. The lowest BCUT2D eigenvalue weighted by Crippen LogP contribution is -2.30. The smallest absolute Gasteiger partial charge is 0.319 e. The van der Waals surface area contributed by atoms with Crippen molar-refractivity contribution < 1.29 is 17.4 Å². The van der Waals surface area contributed by atoms with Crippen molar-refractivity contribution in [3.05, 3.63) is 29.8 Å². The Morgan fingerprint density at radius 2 is 1.77 bits per heavy atom. The molecular weight excluding hydrogens is 304 g/mol. The van der Waals surface area contributed by atoms with Crippen molar-refractivity contribution in [3.8, 4) is 0 Å². The second-order valence-electron chi connectivity index (χ2n) is 6.09. The molecule has 0 aliphatic carbocycles. The van der Waals surface area contributed by atoms with E-state index in [9.17, 15) is 13.2 Å². The minimum atomic E-state index is -3.42. The molecule has 7 heteroatoms. The van der Waals surface area contributed by atoms with Gasteiger partial charge in [0, 0.05) is 12.2 Å². The van der Waals surface area contributed by atoms with Gasteiger partial charge >= 0.3 is 6.03 Å². The van der Waals surface area contributed by atoms with Crippen molar-refractivity contribution in [2.24, 2.45) is 0 Å². The normalized spacial score (nSPS) is 12.0. The van der Waals surface area contributed by atoms with E-state index in [1.165, 1.54) is 5.56 Å². The predicted molar refractivity (Wildman–Crippen MR) is 87.6 cm³/mol. The van der Waals surface area contributed by atoms with Crippen LogP contribution in [0.1, 0.15) is 32.8 Å². The van der Waals surface area contributed by atoms with Gasteiger partial charge in [-0.3, -0.25) is 4.18 Å². The molecular formula is C15H24N2O4S. The lowest BCUT2D eigenvalue weighted by atomic mass is 9.87. The monoisotopic (exact) mass is 328 g/mol. The molecule has 124 valence electrons. The number of amides is 2. The second kappa shape index (κ2) is 7.60. The molecule has 6 nitrogen and oxygen atoms in total. The molecule has 1 rings (SSSR count). The molecule has 2 N–H and O–H groups in total. The molecule has 0 aliphatic heterocycles. The van der Waals surface area contributed by atoms with E-state index in [0.717, 1.165) is 6.26 Å². The summed E-state index contributed by atoms with van der Waals surface area (Å²) in [6.45, 7) is 6.77. The molecule has 0 aliphatic rings. The van der Waals surface area contributed by atoms with E-state index in [1.807, 2.05) is 24.3 Å². The molecule has 0 saturated carbocycles. The van der Waals surface area contributed by atoms with Crippen molar-refractivity contribution in [1.29, 1.82) is 0 Å². The highest BCUT2D eigenvalue weighted by atomic mass is 32.2. The van der Waals surface area contributed by atoms with Crippen LogP contribution in [0, 0.1) is 0 Å². The fourth-order valence-electron chi connectivity index (χ4n) is 1.71. The highest BCUT2D eigenvalue weighted by Crippen LogP contribution is 2.23. The molecule has 1 aromatic rings. The van der Waals surface area contributed by atoms with Gasteiger partial charge in [0.15, 0.2) is 0 Å². The molecule has 0 fully saturated rings. The van der Waals surface area contributed by atoms with Crippen molar-refractivity contribution in [3.63, 3.8) is 0 Å². The number of anilines is 1. The Balaban J connectivity index is 2.33. The molecule has 0 heterocycles. The Labute approximate surface area is 132 Å². The Morgan fingerprint density at radius 3 is 2.27 bits per heavy atom. The van der Waals surface area contributed by atoms with Crippen LogP contribution in [0.3, 0.4) is 0 Å². The van der Waals surface area contributed by atoms with Gasteiger partial charge in [-0.05, 0) is 29.5 Å². The summed E-state index contributed by atoms with van der Waals surface area (Å²) in [5.74, 6) is 0. The van der Waals surface area contributed by atoms with E-state index >= 15 is 0 Å². The Morgan fingerprint density at radius 1 is 1.18 bits per heavy atom. The van der Waals surface area contributed by atoms with Gasteiger partial charge < -0.3 is 10.6 Å². The number of benzene rings is 1. The summed E-state index contributed by atoms with van der Waals surface area (Å²) in [5.41, 5.74) is 1.97. The van der Waals surface area contributed by atoms with Crippen molar-refractivity contribution >= 4 is 21.8 Å². The Kier molecular flexibility index (Phi) is 6.37. The summed E-state index contributed by atoms with van der Waals surface area (Å²) in [4.78, 5) is 11.7. The summed E-state index contributed by atoms with van der Waals surface area (Å²) >= 11 is 0. The van der Waals surface area contributed by atoms with Gasteiger partial charge in [0.25, 0.3) is 10.1 Å². The number of carbonyl (C=O) groups excluding carboxylic acids is 1. The van der Waals surface area contributed by atoms with Gasteiger partial charge in [0.05, 0.1) is 12.9 Å². The average Bonchev–Trinajstić information content (AvgIpc) is 2.36. The van der Waals surface area contributed by atoms with Gasteiger partial charge in [-0.25, -0.2) is 4.79 Å². The van der Waals surface area contributed by atoms with Gasteiger partial charge in [-0.2, -0.15) is 8.42 Å². The molecule has 0 unspecified atom stereocenters. The third kappa shape index (κ3) is 7.42. The third-order valence-corrected chi connectivity index (χ3v) is 3.51. The summed E-state index contributed by atoms with van der Waals surface area (Å²) < 4.78 is 26.1. The van der Waals surface area contributed by atoms with Crippen molar-refractivity contribution in [2.45, 2.75) is 32.6 Å². The summed E-state index contributed by atoms with van der Waals surface area (Å²) in [6.07, 6.45) is 1.41. The van der Waals surface area contributed by atoms with Crippen LogP contribution in [0.5, 0.6) is 0 Å². The van der Waals surface area contributed by atoms with E-state index in [4.69, 9.17) is 0 Å². The number of nitrogens with one attached hydrogen (secondary N) is 2. The molecule has 0 saturated heterocycles. The SMILES string of the molecule is CC(C)(C)c1ccc(NC(=O)NCCCOS(C)(=O)=O)cc1. The zero-order valence-corrected chi connectivity index (χ0v) is 14.3. The van der Waals surface area contributed by atoms with Gasteiger partial charge in [-0.15, -0.1) is 0 Å². The van der Waals surface area contributed by atoms with Crippen LogP contribution < -0.4 is 10.6 Å². The number of urea groups is 1. The van der Waals surface area contributed by atoms with Crippen LogP contribution >= 0.6 is 0 Å². The molecule has 22 heavy (non-hydrogen) atoms. The maximum atomic E-state index is 11.7. The lowest BCUT2D eigenvalue weighted by Gasteiger charge is -2.19. The number of hydrogen-bond acceptors (Lipinski definition) is 4. The molecule has 1 aromatic carbocycles. The third-order valence-electron chi connectivity index (χ3n) is 2.91. The Bertz CT molecular complexity index is 589. The first-order valence-electron chi connectivity index (χ1n) is 7.08. The molecule has 0 radical (unpaired) electrons. The van der Waals surface area contributed by atoms with Crippen LogP contribution in [0.2, 0.25) is 0 Å². The van der Waals surface area contributed by atoms with E-state index in [0.29, 0.717) is 18.7 Å². The first kappa shape index (κ1) is 18.4. The topological polar surface area (TPSA) is 84.5 Å². The van der Waals surface area contributed by atoms with E-state index < -0.39 is 10.1 Å². The van der Waals surface area contributed by atoms with E-state index in [1.54, 1.807) is 0 Å². The molecule has 0 aromatic heterocycles. The molecule has 0 bridgehead atoms. The number of hydrogen-bond donors (Lipinski definition) is 2. The Hall–Kier alpha value is -1.60. The van der Waals surface area contributed by atoms with Gasteiger partial charge in [0.2, 0.25) is 0 Å². The van der Waals surface area contributed by atoms with Crippen LogP contribution in [0.15, 0.2) is 24.3 Å². The summed E-state index contributed by atoms with van der Waals surface area (Å²) in [7, 11) is -3.42. The lowest BCUT2D eigenvalue weighted by molar-refractivity contribution is 0.250. The predicted octanol–water partition coefficient (Wildman–Crippen LogP) is 2.47. The van der Waals surface area contributed by atoms with E-state index in [2.05, 4.69) is 35.6 Å². The summed E-state index contributed by atoms with van der Waals surface area (Å²) in [6, 6.07) is 7.34. The van der Waals surface area contributed by atoms with Crippen LogP contribution in [-0.4, -0.2) is 33.9 Å². The van der Waals surface area contributed by atoms with Gasteiger partial charge in [0.1, 0.15) is 0 Å². The maximum absolute atomic E-state index is 11.7. The average molecular weight is 328 g/mol. The zero-order valence-electron chi connectivity index (χ0n) is 13.5. The highest BCUT2D eigenvalue weighted by Gasteiger charge is 2.13. The van der Waals surface area contributed by atoms with Gasteiger partial charge in [-0.1, -0.05) is 32.9 Å². The highest BCUT2D eigenvalue weighted by molar-refractivity contribution is 7.85. The van der Waals surface area contributed by atoms with Crippen LogP contribution in [-0.2, 0) is 19.7 Å². The first-order chi connectivity index (χ1) is 10.1. The quantitative estimate of drug-likeness (QED) is 0.620. The fourth-order valence-corrected chi connectivity index (χ4v) is 2.13. The minimum absolute atomic E-state index is 0.0550. The summed E-state index contributed by atoms with van der Waals surface area (Å²) in [5, 5.41) is 5.36. The first-order valence-corrected chi connectivity index (χ1v) is 8.89. The standard InChI is InChI=1S/C15H24N2O4S/c1-15(2,3)12-6-8-13(9-7-12)17-14(18)16-10-5-11-21-22(4,19)20/h6-9H,5,10-11H2,1-4H3,(H2,16,17,18). The molecule has 2 amide bonds. The zero-order chi connectivity index (χ0) is 16.8. The van der Waals surface area contributed by atoms with E-state index in [-0.39, 0.29) is 18.1 Å². The number of rotatable bonds is 6. The van der Waals surface area contributed by atoms with Crippen LogP contribution in [0.4, 0.5) is 10.5 Å². The fraction of sp³-hybridized carbons (Fsp3) is 0.533. The minimum Gasteiger partial charge on any atom is -0.338 e. The molecule has 0 atom stereocenters.